The Morgan fingerprint density at radius 1 is 1.35 bits per heavy atom. The van der Waals surface area contributed by atoms with Crippen LogP contribution in [-0.2, 0) is 4.79 Å². The second-order valence-corrected chi connectivity index (χ2v) is 5.27. The van der Waals surface area contributed by atoms with Crippen molar-refractivity contribution in [2.45, 2.75) is 25.8 Å². The first-order valence-corrected chi connectivity index (χ1v) is 6.64. The van der Waals surface area contributed by atoms with E-state index in [4.69, 9.17) is 0 Å². The zero-order valence-electron chi connectivity index (χ0n) is 12.0. The number of pyridine rings is 1. The topological polar surface area (TPSA) is 73.5 Å². The Bertz CT molecular complexity index is 592. The molecular weight excluding hydrogens is 258 g/mol. The normalized spacial score (nSPS) is 18.1. The van der Waals surface area contributed by atoms with Crippen molar-refractivity contribution in [3.63, 3.8) is 0 Å². The van der Waals surface area contributed by atoms with E-state index in [-0.39, 0.29) is 17.4 Å². The van der Waals surface area contributed by atoms with Crippen molar-refractivity contribution in [1.29, 1.82) is 0 Å². The van der Waals surface area contributed by atoms with Crippen LogP contribution in [0.15, 0.2) is 16.9 Å². The number of amides is 2. The zero-order valence-corrected chi connectivity index (χ0v) is 12.0. The lowest BCUT2D eigenvalue weighted by atomic mass is 10.1. The summed E-state index contributed by atoms with van der Waals surface area (Å²) in [5, 5.41) is 0. The number of nitrogens with one attached hydrogen (secondary N) is 1. The predicted molar refractivity (Wildman–Crippen MR) is 74.6 cm³/mol. The Morgan fingerprint density at radius 2 is 2.05 bits per heavy atom. The van der Waals surface area contributed by atoms with Crippen LogP contribution in [0.4, 0.5) is 0 Å². The number of carbonyl (C=O) groups excluding carboxylic acids is 2. The Balaban J connectivity index is 2.28. The molecular formula is C14H19N3O3. The largest absolute Gasteiger partial charge is 0.347 e. The molecule has 2 amide bonds. The summed E-state index contributed by atoms with van der Waals surface area (Å²) in [6.45, 7) is 2.26. The molecule has 6 heteroatoms. The lowest BCUT2D eigenvalue weighted by Crippen LogP contribution is -2.46. The average Bonchev–Trinajstić information content (AvgIpc) is 2.86. The number of aromatic nitrogens is 1. The van der Waals surface area contributed by atoms with Crippen molar-refractivity contribution in [3.05, 3.63) is 33.7 Å². The van der Waals surface area contributed by atoms with Crippen molar-refractivity contribution in [3.8, 4) is 0 Å². The number of likely N-dealkylation sites (tertiary alicyclic amines) is 1. The number of carbonyl (C=O) groups is 2. The van der Waals surface area contributed by atoms with Gasteiger partial charge in [0.15, 0.2) is 0 Å². The Hall–Kier alpha value is -2.11. The van der Waals surface area contributed by atoms with Crippen LogP contribution >= 0.6 is 0 Å². The van der Waals surface area contributed by atoms with Crippen molar-refractivity contribution in [1.82, 2.24) is 14.8 Å². The van der Waals surface area contributed by atoms with E-state index in [0.29, 0.717) is 18.7 Å². The van der Waals surface area contributed by atoms with Crippen LogP contribution < -0.4 is 5.56 Å². The highest BCUT2D eigenvalue weighted by molar-refractivity contribution is 5.97. The van der Waals surface area contributed by atoms with Crippen molar-refractivity contribution in [2.75, 3.05) is 20.6 Å². The summed E-state index contributed by atoms with van der Waals surface area (Å²) >= 11 is 0. The molecule has 0 aromatic carbocycles. The number of hydrogen-bond acceptors (Lipinski definition) is 3. The number of likely N-dealkylation sites (N-methyl/N-ethyl adjacent to an activating group) is 1. The van der Waals surface area contributed by atoms with Gasteiger partial charge in [0, 0.05) is 26.3 Å². The molecule has 0 saturated carbocycles. The van der Waals surface area contributed by atoms with E-state index in [9.17, 15) is 14.4 Å². The second kappa shape index (κ2) is 5.48. The van der Waals surface area contributed by atoms with Gasteiger partial charge in [-0.2, -0.15) is 0 Å². The first-order valence-electron chi connectivity index (χ1n) is 6.64. The number of nitrogens with zero attached hydrogens (tertiary/aromatic N) is 2. The Kier molecular flexibility index (Phi) is 3.92. The Labute approximate surface area is 117 Å². The van der Waals surface area contributed by atoms with Crippen LogP contribution in [0.1, 0.15) is 28.9 Å². The molecule has 1 aliphatic heterocycles. The molecule has 0 radical (unpaired) electrons. The molecule has 108 valence electrons. The molecule has 20 heavy (non-hydrogen) atoms. The van der Waals surface area contributed by atoms with E-state index < -0.39 is 11.6 Å². The monoisotopic (exact) mass is 277 g/mol. The van der Waals surface area contributed by atoms with Crippen LogP contribution in [0, 0.1) is 6.92 Å². The third kappa shape index (κ3) is 2.59. The second-order valence-electron chi connectivity index (χ2n) is 5.27. The van der Waals surface area contributed by atoms with Gasteiger partial charge in [0.05, 0.1) is 0 Å². The molecule has 6 nitrogen and oxygen atoms in total. The van der Waals surface area contributed by atoms with Gasteiger partial charge in [-0.3, -0.25) is 14.4 Å². The van der Waals surface area contributed by atoms with E-state index >= 15 is 0 Å². The fraction of sp³-hybridized carbons (Fsp3) is 0.500. The van der Waals surface area contributed by atoms with E-state index in [1.165, 1.54) is 15.9 Å². The van der Waals surface area contributed by atoms with Gasteiger partial charge in [0.1, 0.15) is 11.6 Å². The van der Waals surface area contributed by atoms with Crippen molar-refractivity contribution >= 4 is 11.8 Å². The smallest absolute Gasteiger partial charge is 0.260 e. The van der Waals surface area contributed by atoms with Crippen LogP contribution in [0.3, 0.4) is 0 Å². The van der Waals surface area contributed by atoms with Gasteiger partial charge in [0.2, 0.25) is 5.91 Å². The Morgan fingerprint density at radius 3 is 2.65 bits per heavy atom. The van der Waals surface area contributed by atoms with Gasteiger partial charge in [-0.25, -0.2) is 0 Å². The van der Waals surface area contributed by atoms with Crippen LogP contribution in [0.25, 0.3) is 0 Å². The molecule has 0 bridgehead atoms. The van der Waals surface area contributed by atoms with Crippen LogP contribution in [-0.4, -0.2) is 53.3 Å². The molecule has 0 aliphatic carbocycles. The van der Waals surface area contributed by atoms with E-state index in [1.807, 2.05) is 0 Å². The fourth-order valence-electron chi connectivity index (χ4n) is 2.46. The zero-order chi connectivity index (χ0) is 14.9. The summed E-state index contributed by atoms with van der Waals surface area (Å²) in [5.74, 6) is -0.469. The minimum Gasteiger partial charge on any atom is -0.347 e. The van der Waals surface area contributed by atoms with Gasteiger partial charge >= 0.3 is 0 Å². The molecule has 1 N–H and O–H groups in total. The number of H-pyrrole nitrogens is 1. The summed E-state index contributed by atoms with van der Waals surface area (Å²) in [6.07, 6.45) is 1.42. The van der Waals surface area contributed by atoms with Crippen molar-refractivity contribution in [2.24, 2.45) is 0 Å². The van der Waals surface area contributed by atoms with Gasteiger partial charge in [-0.05, 0) is 31.9 Å². The third-order valence-electron chi connectivity index (χ3n) is 3.53. The minimum atomic E-state index is -0.460. The maximum Gasteiger partial charge on any atom is 0.260 e. The summed E-state index contributed by atoms with van der Waals surface area (Å²) in [7, 11) is 3.34. The molecule has 0 spiro atoms. The first kappa shape index (κ1) is 14.3. The molecule has 1 aliphatic rings. The number of rotatable bonds is 2. The molecule has 1 fully saturated rings. The maximum absolute atomic E-state index is 12.5. The van der Waals surface area contributed by atoms with Gasteiger partial charge < -0.3 is 14.8 Å². The minimum absolute atomic E-state index is 0.0917. The van der Waals surface area contributed by atoms with Crippen LogP contribution in [0.5, 0.6) is 0 Å². The van der Waals surface area contributed by atoms with Crippen LogP contribution in [0.2, 0.25) is 0 Å². The number of aromatic amines is 1. The lowest BCUT2D eigenvalue weighted by molar-refractivity contribution is -0.132. The van der Waals surface area contributed by atoms with Crippen molar-refractivity contribution < 1.29 is 9.59 Å². The fourth-order valence-corrected chi connectivity index (χ4v) is 2.46. The van der Waals surface area contributed by atoms with E-state index in [0.717, 1.165) is 6.42 Å². The summed E-state index contributed by atoms with van der Waals surface area (Å²) in [5.41, 5.74) is 0.390. The molecule has 1 atom stereocenters. The highest BCUT2D eigenvalue weighted by Crippen LogP contribution is 2.20. The molecule has 2 rings (SSSR count). The molecule has 2 heterocycles. The quantitative estimate of drug-likeness (QED) is 0.849. The summed E-state index contributed by atoms with van der Waals surface area (Å²) in [6, 6.07) is 2.75. The molecule has 1 aromatic heterocycles. The van der Waals surface area contributed by atoms with Gasteiger partial charge in [0.25, 0.3) is 11.5 Å². The van der Waals surface area contributed by atoms with E-state index in [2.05, 4.69) is 4.98 Å². The number of aryl methyl sites for hydroxylation is 1. The lowest BCUT2D eigenvalue weighted by Gasteiger charge is -2.26. The van der Waals surface area contributed by atoms with Gasteiger partial charge in [-0.15, -0.1) is 0 Å². The number of hydrogen-bond donors (Lipinski definition) is 1. The highest BCUT2D eigenvalue weighted by atomic mass is 16.2. The molecule has 1 saturated heterocycles. The third-order valence-corrected chi connectivity index (χ3v) is 3.53. The first-order chi connectivity index (χ1) is 9.41. The van der Waals surface area contributed by atoms with Gasteiger partial charge in [-0.1, -0.05) is 0 Å². The predicted octanol–water partition coefficient (Wildman–Crippen LogP) is 0.376. The average molecular weight is 277 g/mol. The molecule has 1 aromatic rings. The maximum atomic E-state index is 12.5. The summed E-state index contributed by atoms with van der Waals surface area (Å²) < 4.78 is 0. The standard InChI is InChI=1S/C14H19N3O3/c1-9-6-7-10(12(18)15-9)13(19)17-8-4-5-11(17)14(20)16(2)3/h6-7,11H,4-5,8H2,1-3H3,(H,15,18)/t11-/m0/s1. The molecule has 0 unspecified atom stereocenters. The SMILES string of the molecule is Cc1ccc(C(=O)N2CCC[C@H]2C(=O)N(C)C)c(=O)[nH]1. The van der Waals surface area contributed by atoms with E-state index in [1.54, 1.807) is 27.1 Å². The highest BCUT2D eigenvalue weighted by Gasteiger charge is 2.36. The summed E-state index contributed by atoms with van der Waals surface area (Å²) in [4.78, 5) is 42.0.